The lowest BCUT2D eigenvalue weighted by Crippen LogP contribution is -1.96. The fraction of sp³-hybridized carbons (Fsp3) is 0. The van der Waals surface area contributed by atoms with E-state index in [1.54, 1.807) is 0 Å². The molecule has 0 radical (unpaired) electrons. The molecule has 0 aliphatic rings. The Morgan fingerprint density at radius 2 is 0.824 bits per heavy atom. The predicted molar refractivity (Wildman–Crippen MR) is 219 cm³/mol. The van der Waals surface area contributed by atoms with Crippen molar-refractivity contribution in [3.8, 4) is 33.6 Å². The molecule has 3 heteroatoms. The van der Waals surface area contributed by atoms with Crippen molar-refractivity contribution in [3.63, 3.8) is 0 Å². The fourth-order valence-electron chi connectivity index (χ4n) is 8.14. The Labute approximate surface area is 298 Å². The van der Waals surface area contributed by atoms with Gasteiger partial charge in [-0.15, -0.1) is 11.3 Å². The minimum Gasteiger partial charge on any atom is -0.309 e. The molecule has 3 aromatic heterocycles. The maximum Gasteiger partial charge on any atom is 0.0562 e. The van der Waals surface area contributed by atoms with E-state index in [-0.39, 0.29) is 0 Å². The second-order valence-corrected chi connectivity index (χ2v) is 14.5. The monoisotopic (exact) mass is 666 g/mol. The Bertz CT molecular complexity index is 3110. The average molecular weight is 667 g/mol. The fourth-order valence-corrected chi connectivity index (χ4v) is 9.27. The van der Waals surface area contributed by atoms with Crippen LogP contribution in [0, 0.1) is 0 Å². The minimum atomic E-state index is 1.15. The number of benzene rings is 8. The van der Waals surface area contributed by atoms with Gasteiger partial charge in [-0.25, -0.2) is 0 Å². The van der Waals surface area contributed by atoms with Crippen molar-refractivity contribution in [2.45, 2.75) is 0 Å². The predicted octanol–water partition coefficient (Wildman–Crippen LogP) is 13.6. The maximum absolute atomic E-state index is 2.46. The third-order valence-electron chi connectivity index (χ3n) is 10.5. The molecule has 0 saturated heterocycles. The molecule has 2 nitrogen and oxygen atoms in total. The molecule has 3 heterocycles. The van der Waals surface area contributed by atoms with Crippen molar-refractivity contribution >= 4 is 75.1 Å². The first-order valence-electron chi connectivity index (χ1n) is 17.4. The van der Waals surface area contributed by atoms with Gasteiger partial charge in [-0.05, 0) is 89.0 Å². The molecule has 0 amide bonds. The average Bonchev–Trinajstić information content (AvgIpc) is 3.83. The van der Waals surface area contributed by atoms with Gasteiger partial charge in [0.25, 0.3) is 0 Å². The van der Waals surface area contributed by atoms with E-state index in [9.17, 15) is 0 Å². The number of aromatic nitrogens is 2. The van der Waals surface area contributed by atoms with Crippen molar-refractivity contribution in [2.75, 3.05) is 0 Å². The van der Waals surface area contributed by atoms with Gasteiger partial charge < -0.3 is 9.13 Å². The van der Waals surface area contributed by atoms with Gasteiger partial charge in [0.05, 0.1) is 22.1 Å². The van der Waals surface area contributed by atoms with Gasteiger partial charge in [-0.3, -0.25) is 0 Å². The minimum absolute atomic E-state index is 1.15. The Morgan fingerprint density at radius 1 is 0.275 bits per heavy atom. The molecule has 51 heavy (non-hydrogen) atoms. The smallest absolute Gasteiger partial charge is 0.0562 e. The molecule has 238 valence electrons. The van der Waals surface area contributed by atoms with Crippen molar-refractivity contribution in [1.82, 2.24) is 9.13 Å². The summed E-state index contributed by atoms with van der Waals surface area (Å²) in [7, 11) is 0. The Kier molecular flexibility index (Phi) is 6.16. The van der Waals surface area contributed by atoms with Crippen molar-refractivity contribution in [1.29, 1.82) is 0 Å². The summed E-state index contributed by atoms with van der Waals surface area (Å²) >= 11 is 1.88. The molecule has 11 aromatic rings. The zero-order valence-electron chi connectivity index (χ0n) is 27.6. The first-order chi connectivity index (χ1) is 25.3. The van der Waals surface area contributed by atoms with E-state index in [2.05, 4.69) is 191 Å². The molecule has 11 rings (SSSR count). The molecule has 0 atom stereocenters. The summed E-state index contributed by atoms with van der Waals surface area (Å²) in [5, 5.41) is 7.73. The molecular weight excluding hydrogens is 637 g/mol. The molecule has 0 bridgehead atoms. The first-order valence-corrected chi connectivity index (χ1v) is 18.2. The summed E-state index contributed by atoms with van der Waals surface area (Å²) in [6.45, 7) is 0. The van der Waals surface area contributed by atoms with E-state index < -0.39 is 0 Å². The van der Waals surface area contributed by atoms with Gasteiger partial charge >= 0.3 is 0 Å². The van der Waals surface area contributed by atoms with Crippen molar-refractivity contribution in [2.24, 2.45) is 0 Å². The number of hydrogen-bond donors (Lipinski definition) is 0. The number of hydrogen-bond acceptors (Lipinski definition) is 1. The van der Waals surface area contributed by atoms with Crippen molar-refractivity contribution < 1.29 is 0 Å². The number of nitrogens with zero attached hydrogens (tertiary/aromatic N) is 2. The summed E-state index contributed by atoms with van der Waals surface area (Å²) in [5.74, 6) is 0. The van der Waals surface area contributed by atoms with Gasteiger partial charge in [0.1, 0.15) is 0 Å². The number of fused-ring (bicyclic) bond motifs is 9. The number of para-hydroxylation sites is 2. The molecule has 0 aliphatic heterocycles. The van der Waals surface area contributed by atoms with Gasteiger partial charge in [0, 0.05) is 53.1 Å². The Hall–Kier alpha value is -6.42. The number of thiophene rings is 1. The van der Waals surface area contributed by atoms with Crippen molar-refractivity contribution in [3.05, 3.63) is 182 Å². The molecule has 0 fully saturated rings. The van der Waals surface area contributed by atoms with E-state index >= 15 is 0 Å². The second-order valence-electron chi connectivity index (χ2n) is 13.4. The molecule has 0 N–H and O–H groups in total. The molecule has 0 unspecified atom stereocenters. The van der Waals surface area contributed by atoms with Crippen LogP contribution in [0.15, 0.2) is 182 Å². The molecule has 0 saturated carbocycles. The highest BCUT2D eigenvalue weighted by Crippen LogP contribution is 2.43. The molecule has 8 aromatic carbocycles. The summed E-state index contributed by atoms with van der Waals surface area (Å²) in [5.41, 5.74) is 12.1. The zero-order chi connectivity index (χ0) is 33.5. The van der Waals surface area contributed by atoms with Gasteiger partial charge in [-0.2, -0.15) is 0 Å². The normalized spacial score (nSPS) is 11.9. The Morgan fingerprint density at radius 3 is 1.61 bits per heavy atom. The summed E-state index contributed by atoms with van der Waals surface area (Å²) in [6.07, 6.45) is 0. The van der Waals surface area contributed by atoms with Gasteiger partial charge in [-0.1, -0.05) is 115 Å². The van der Waals surface area contributed by atoms with Crippen LogP contribution in [-0.2, 0) is 0 Å². The summed E-state index contributed by atoms with van der Waals surface area (Å²) in [6, 6.07) is 66.6. The third-order valence-corrected chi connectivity index (χ3v) is 11.6. The lowest BCUT2D eigenvalue weighted by Gasteiger charge is -2.11. The van der Waals surface area contributed by atoms with Crippen LogP contribution >= 0.6 is 11.3 Å². The van der Waals surface area contributed by atoms with E-state index in [0.717, 1.165) is 5.69 Å². The lowest BCUT2D eigenvalue weighted by molar-refractivity contribution is 1.17. The highest BCUT2D eigenvalue weighted by Gasteiger charge is 2.20. The highest BCUT2D eigenvalue weighted by molar-refractivity contribution is 7.25. The zero-order valence-corrected chi connectivity index (χ0v) is 28.4. The van der Waals surface area contributed by atoms with Crippen LogP contribution < -0.4 is 0 Å². The second kappa shape index (κ2) is 11.0. The lowest BCUT2D eigenvalue weighted by atomic mass is 9.99. The van der Waals surface area contributed by atoms with Crippen LogP contribution in [0.5, 0.6) is 0 Å². The number of rotatable bonds is 4. The van der Waals surface area contributed by atoms with E-state index in [4.69, 9.17) is 0 Å². The highest BCUT2D eigenvalue weighted by atomic mass is 32.1. The van der Waals surface area contributed by atoms with Crippen LogP contribution in [0.2, 0.25) is 0 Å². The van der Waals surface area contributed by atoms with Crippen LogP contribution in [-0.4, -0.2) is 9.13 Å². The van der Waals surface area contributed by atoms with Gasteiger partial charge in [0.2, 0.25) is 0 Å². The molecular formula is C48H30N2S. The summed E-state index contributed by atoms with van der Waals surface area (Å²) in [4.78, 5) is 0. The van der Waals surface area contributed by atoms with Gasteiger partial charge in [0.15, 0.2) is 0 Å². The van der Waals surface area contributed by atoms with Crippen LogP contribution in [0.3, 0.4) is 0 Å². The van der Waals surface area contributed by atoms with E-state index in [1.807, 2.05) is 11.3 Å². The van der Waals surface area contributed by atoms with Crippen LogP contribution in [0.4, 0.5) is 0 Å². The van der Waals surface area contributed by atoms with E-state index in [0.29, 0.717) is 0 Å². The Balaban J connectivity index is 1.15. The quantitative estimate of drug-likeness (QED) is 0.177. The molecule has 0 aliphatic carbocycles. The molecule has 0 spiro atoms. The largest absolute Gasteiger partial charge is 0.309 e. The first kappa shape index (κ1) is 28.4. The SMILES string of the molecule is c1ccc(-c2cccc(-c3ccc(-n4c5ccccc5c5cc6c7cc8sc9ccccc9c8cc7n(-c7ccccc7)c6cc54)cc3)c2)cc1. The van der Waals surface area contributed by atoms with Crippen LogP contribution in [0.1, 0.15) is 0 Å². The topological polar surface area (TPSA) is 9.86 Å². The maximum atomic E-state index is 2.46. The third kappa shape index (κ3) is 4.35. The standard InChI is InChI=1S/C48H30N2S/c1-3-12-31(13-4-1)33-14-11-15-34(26-33)32-22-24-36(25-23-32)49-43-20-9-7-18-37(43)39-27-40-41-29-48-42(38-19-8-10-21-47(38)51-48)28-44(41)50(46(40)30-45(39)49)35-16-5-2-6-17-35/h1-30H. The van der Waals surface area contributed by atoms with Crippen LogP contribution in [0.25, 0.3) is 97.4 Å². The van der Waals surface area contributed by atoms with E-state index in [1.165, 1.54) is 91.7 Å². The summed E-state index contributed by atoms with van der Waals surface area (Å²) < 4.78 is 7.55.